The summed E-state index contributed by atoms with van der Waals surface area (Å²) in [4.78, 5) is 12.2. The van der Waals surface area contributed by atoms with Gasteiger partial charge in [-0.2, -0.15) is 5.10 Å². The van der Waals surface area contributed by atoms with Gasteiger partial charge in [0.1, 0.15) is 11.5 Å². The lowest BCUT2D eigenvalue weighted by Crippen LogP contribution is -2.33. The van der Waals surface area contributed by atoms with E-state index < -0.39 is 12.0 Å². The van der Waals surface area contributed by atoms with Gasteiger partial charge in [-0.1, -0.05) is 23.2 Å². The number of carbonyl (C=O) groups excluding carboxylic acids is 1. The Bertz CT molecular complexity index is 874. The first-order valence-electron chi connectivity index (χ1n) is 8.14. The molecule has 0 aliphatic rings. The lowest BCUT2D eigenvalue weighted by atomic mass is 10.2. The summed E-state index contributed by atoms with van der Waals surface area (Å²) in [5, 5.41) is 4.73. The minimum absolute atomic E-state index is 0.311. The molecule has 7 nitrogen and oxygen atoms in total. The minimum Gasteiger partial charge on any atom is -0.496 e. The van der Waals surface area contributed by atoms with Crippen molar-refractivity contribution in [3.8, 4) is 23.0 Å². The summed E-state index contributed by atoms with van der Waals surface area (Å²) in [7, 11) is 4.57. The molecular formula is C19H20Cl2N2O5. The van der Waals surface area contributed by atoms with Crippen LogP contribution in [0.2, 0.25) is 10.0 Å². The molecule has 2 rings (SSSR count). The molecule has 0 aliphatic heterocycles. The predicted octanol–water partition coefficient (Wildman–Crippen LogP) is 3.94. The number of ether oxygens (including phenoxy) is 4. The van der Waals surface area contributed by atoms with Crippen LogP contribution in [0.3, 0.4) is 0 Å². The van der Waals surface area contributed by atoms with E-state index in [2.05, 4.69) is 10.5 Å². The molecule has 28 heavy (non-hydrogen) atoms. The Labute approximate surface area is 173 Å². The molecule has 150 valence electrons. The van der Waals surface area contributed by atoms with Crippen molar-refractivity contribution in [1.82, 2.24) is 5.43 Å². The summed E-state index contributed by atoms with van der Waals surface area (Å²) in [6.45, 7) is 1.58. The van der Waals surface area contributed by atoms with Crippen molar-refractivity contribution in [2.24, 2.45) is 5.10 Å². The summed E-state index contributed by atoms with van der Waals surface area (Å²) in [6, 6.07) is 8.09. The Morgan fingerprint density at radius 1 is 1.00 bits per heavy atom. The third-order valence-corrected chi connectivity index (χ3v) is 4.21. The molecule has 9 heteroatoms. The van der Waals surface area contributed by atoms with Crippen molar-refractivity contribution in [2.45, 2.75) is 13.0 Å². The molecule has 0 spiro atoms. The summed E-state index contributed by atoms with van der Waals surface area (Å²) in [6.07, 6.45) is 0.601. The highest BCUT2D eigenvalue weighted by Gasteiger charge is 2.16. The van der Waals surface area contributed by atoms with Gasteiger partial charge in [-0.3, -0.25) is 4.79 Å². The lowest BCUT2D eigenvalue weighted by Gasteiger charge is -2.14. The number of methoxy groups -OCH3 is 3. The van der Waals surface area contributed by atoms with Crippen LogP contribution in [0.15, 0.2) is 35.4 Å². The number of hydrazone groups is 1. The first kappa shape index (κ1) is 21.7. The number of hydrogen-bond donors (Lipinski definition) is 1. The molecule has 1 N–H and O–H groups in total. The third-order valence-electron chi connectivity index (χ3n) is 3.68. The fraction of sp³-hybridized carbons (Fsp3) is 0.263. The van der Waals surface area contributed by atoms with Gasteiger partial charge < -0.3 is 18.9 Å². The predicted molar refractivity (Wildman–Crippen MR) is 108 cm³/mol. The van der Waals surface area contributed by atoms with E-state index in [1.807, 2.05) is 0 Å². The molecule has 0 aromatic heterocycles. The molecule has 0 heterocycles. The van der Waals surface area contributed by atoms with E-state index in [-0.39, 0.29) is 0 Å². The number of hydrogen-bond acceptors (Lipinski definition) is 6. The van der Waals surface area contributed by atoms with Gasteiger partial charge in [0.2, 0.25) is 0 Å². The SMILES string of the molecule is COc1cc(OC)c(OC)cc1/C=N\NC(=O)[C@H](C)Oc1ccc(Cl)cc1Cl. The monoisotopic (exact) mass is 426 g/mol. The van der Waals surface area contributed by atoms with Crippen LogP contribution in [0.1, 0.15) is 12.5 Å². The van der Waals surface area contributed by atoms with Crippen LogP contribution in [0.4, 0.5) is 0 Å². The molecule has 0 bridgehead atoms. The average molecular weight is 427 g/mol. The van der Waals surface area contributed by atoms with Gasteiger partial charge in [-0.15, -0.1) is 0 Å². The standard InChI is InChI=1S/C19H20Cl2N2O5/c1-11(28-15-6-5-13(20)8-14(15)21)19(24)23-22-10-12-7-17(26-3)18(27-4)9-16(12)25-2/h5-11H,1-4H3,(H,23,24)/b22-10-/t11-/m0/s1. The number of nitrogens with one attached hydrogen (secondary N) is 1. The summed E-state index contributed by atoms with van der Waals surface area (Å²) < 4.78 is 21.3. The van der Waals surface area contributed by atoms with E-state index in [0.29, 0.717) is 38.6 Å². The lowest BCUT2D eigenvalue weighted by molar-refractivity contribution is -0.127. The molecule has 0 unspecified atom stereocenters. The molecular weight excluding hydrogens is 407 g/mol. The fourth-order valence-electron chi connectivity index (χ4n) is 2.22. The molecule has 0 saturated heterocycles. The minimum atomic E-state index is -0.830. The largest absolute Gasteiger partial charge is 0.496 e. The van der Waals surface area contributed by atoms with E-state index in [1.165, 1.54) is 33.6 Å². The van der Waals surface area contributed by atoms with Crippen molar-refractivity contribution < 1.29 is 23.7 Å². The highest BCUT2D eigenvalue weighted by molar-refractivity contribution is 6.35. The van der Waals surface area contributed by atoms with Crippen molar-refractivity contribution in [1.29, 1.82) is 0 Å². The maximum absolute atomic E-state index is 12.2. The number of amides is 1. The zero-order valence-corrected chi connectivity index (χ0v) is 17.3. The zero-order chi connectivity index (χ0) is 20.7. The average Bonchev–Trinajstić information content (AvgIpc) is 2.69. The maximum atomic E-state index is 12.2. The van der Waals surface area contributed by atoms with Gasteiger partial charge in [-0.25, -0.2) is 5.43 Å². The molecule has 0 aliphatic carbocycles. The molecule has 2 aromatic rings. The summed E-state index contributed by atoms with van der Waals surface area (Å²) in [5.74, 6) is 1.42. The molecule has 1 amide bonds. The third kappa shape index (κ3) is 5.43. The number of nitrogens with zero attached hydrogens (tertiary/aromatic N) is 1. The van der Waals surface area contributed by atoms with Gasteiger partial charge in [0.15, 0.2) is 17.6 Å². The van der Waals surface area contributed by atoms with Crippen molar-refractivity contribution in [2.75, 3.05) is 21.3 Å². The summed E-state index contributed by atoms with van der Waals surface area (Å²) in [5.41, 5.74) is 3.00. The number of halogens is 2. The van der Waals surface area contributed by atoms with Crippen LogP contribution in [-0.4, -0.2) is 39.6 Å². The van der Waals surface area contributed by atoms with Crippen LogP contribution in [0.5, 0.6) is 23.0 Å². The Kier molecular flexibility index (Phi) is 7.78. The maximum Gasteiger partial charge on any atom is 0.280 e. The normalized spacial score (nSPS) is 11.8. The van der Waals surface area contributed by atoms with Gasteiger partial charge in [0, 0.05) is 16.7 Å². The molecule has 0 saturated carbocycles. The van der Waals surface area contributed by atoms with Crippen LogP contribution in [-0.2, 0) is 4.79 Å². The Morgan fingerprint density at radius 2 is 1.64 bits per heavy atom. The number of carbonyl (C=O) groups is 1. The molecule has 2 aromatic carbocycles. The van der Waals surface area contributed by atoms with E-state index >= 15 is 0 Å². The van der Waals surface area contributed by atoms with E-state index in [1.54, 1.807) is 31.2 Å². The first-order valence-corrected chi connectivity index (χ1v) is 8.89. The van der Waals surface area contributed by atoms with E-state index in [9.17, 15) is 4.79 Å². The fourth-order valence-corrected chi connectivity index (χ4v) is 2.68. The Balaban J connectivity index is 2.06. The highest BCUT2D eigenvalue weighted by atomic mass is 35.5. The van der Waals surface area contributed by atoms with Gasteiger partial charge in [0.05, 0.1) is 32.6 Å². The second-order valence-electron chi connectivity index (χ2n) is 5.52. The zero-order valence-electron chi connectivity index (χ0n) is 15.8. The molecule has 0 fully saturated rings. The first-order chi connectivity index (χ1) is 13.4. The topological polar surface area (TPSA) is 78.4 Å². The van der Waals surface area contributed by atoms with Crippen LogP contribution in [0.25, 0.3) is 0 Å². The highest BCUT2D eigenvalue weighted by Crippen LogP contribution is 2.33. The van der Waals surface area contributed by atoms with Crippen molar-refractivity contribution >= 4 is 35.3 Å². The Hall–Kier alpha value is -2.64. The molecule has 1 atom stereocenters. The Morgan fingerprint density at radius 3 is 2.25 bits per heavy atom. The second-order valence-corrected chi connectivity index (χ2v) is 6.36. The van der Waals surface area contributed by atoms with Crippen LogP contribution in [0, 0.1) is 0 Å². The van der Waals surface area contributed by atoms with Gasteiger partial charge >= 0.3 is 0 Å². The number of benzene rings is 2. The van der Waals surface area contributed by atoms with E-state index in [4.69, 9.17) is 42.1 Å². The van der Waals surface area contributed by atoms with Gasteiger partial charge in [0.25, 0.3) is 5.91 Å². The van der Waals surface area contributed by atoms with Gasteiger partial charge in [-0.05, 0) is 31.2 Å². The quantitative estimate of drug-likeness (QED) is 0.510. The summed E-state index contributed by atoms with van der Waals surface area (Å²) >= 11 is 11.9. The van der Waals surface area contributed by atoms with E-state index in [0.717, 1.165) is 0 Å². The second kappa shape index (κ2) is 10.1. The number of rotatable bonds is 8. The smallest absolute Gasteiger partial charge is 0.280 e. The van der Waals surface area contributed by atoms with Crippen LogP contribution >= 0.6 is 23.2 Å². The molecule has 0 radical (unpaired) electrons. The van der Waals surface area contributed by atoms with Crippen molar-refractivity contribution in [3.63, 3.8) is 0 Å². The van der Waals surface area contributed by atoms with Crippen LogP contribution < -0.4 is 24.4 Å². The van der Waals surface area contributed by atoms with Crippen molar-refractivity contribution in [3.05, 3.63) is 45.9 Å².